The SMILES string of the molecule is O=C(CN1CCN(Cc2ccccc2)S1(=O)=O)Nc1ccc(F)c(Cl)c1. The molecule has 1 N–H and O–H groups in total. The van der Waals surface area contributed by atoms with Crippen LogP contribution in [0.2, 0.25) is 5.02 Å². The van der Waals surface area contributed by atoms with Gasteiger partial charge in [0.1, 0.15) is 5.82 Å². The van der Waals surface area contributed by atoms with Gasteiger partial charge in [0, 0.05) is 25.3 Å². The molecule has 1 amide bonds. The number of benzene rings is 2. The molecule has 0 unspecified atom stereocenters. The quantitative estimate of drug-likeness (QED) is 0.842. The molecule has 0 bridgehead atoms. The lowest BCUT2D eigenvalue weighted by Crippen LogP contribution is -2.37. The zero-order valence-electron chi connectivity index (χ0n) is 13.7. The normalized spacial score (nSPS) is 17.3. The maximum Gasteiger partial charge on any atom is 0.282 e. The fourth-order valence-electron chi connectivity index (χ4n) is 2.66. The van der Waals surface area contributed by atoms with Crippen molar-refractivity contribution in [2.75, 3.05) is 25.0 Å². The summed E-state index contributed by atoms with van der Waals surface area (Å²) >= 11 is 5.67. The average Bonchev–Trinajstić information content (AvgIpc) is 2.87. The Morgan fingerprint density at radius 3 is 2.50 bits per heavy atom. The maximum absolute atomic E-state index is 13.1. The van der Waals surface area contributed by atoms with Gasteiger partial charge in [0.05, 0.1) is 11.6 Å². The second-order valence-electron chi connectivity index (χ2n) is 5.84. The van der Waals surface area contributed by atoms with Crippen LogP contribution in [0.5, 0.6) is 0 Å². The number of nitrogens with zero attached hydrogens (tertiary/aromatic N) is 2. The van der Waals surface area contributed by atoms with Gasteiger partial charge in [0.25, 0.3) is 10.2 Å². The minimum absolute atomic E-state index is 0.120. The highest BCUT2D eigenvalue weighted by atomic mass is 35.5. The molecule has 0 spiro atoms. The van der Waals surface area contributed by atoms with Crippen molar-refractivity contribution in [1.82, 2.24) is 8.61 Å². The van der Waals surface area contributed by atoms with E-state index in [2.05, 4.69) is 5.32 Å². The fraction of sp³-hybridized carbons (Fsp3) is 0.235. The molecule has 26 heavy (non-hydrogen) atoms. The monoisotopic (exact) mass is 397 g/mol. The summed E-state index contributed by atoms with van der Waals surface area (Å²) in [6, 6.07) is 13.0. The Morgan fingerprint density at radius 2 is 1.81 bits per heavy atom. The number of hydrogen-bond donors (Lipinski definition) is 1. The highest BCUT2D eigenvalue weighted by Gasteiger charge is 2.37. The molecule has 2 aromatic carbocycles. The first-order valence-corrected chi connectivity index (χ1v) is 9.68. The smallest absolute Gasteiger partial charge is 0.282 e. The first-order valence-electron chi connectivity index (χ1n) is 7.90. The van der Waals surface area contributed by atoms with E-state index in [1.807, 2.05) is 30.3 Å². The van der Waals surface area contributed by atoms with Crippen LogP contribution in [0.4, 0.5) is 10.1 Å². The van der Waals surface area contributed by atoms with E-state index in [0.717, 1.165) is 15.9 Å². The van der Waals surface area contributed by atoms with Crippen molar-refractivity contribution in [2.45, 2.75) is 6.54 Å². The lowest BCUT2D eigenvalue weighted by atomic mass is 10.2. The third kappa shape index (κ3) is 4.21. The van der Waals surface area contributed by atoms with Gasteiger partial charge in [-0.2, -0.15) is 17.0 Å². The van der Waals surface area contributed by atoms with E-state index >= 15 is 0 Å². The minimum Gasteiger partial charge on any atom is -0.325 e. The minimum atomic E-state index is -3.71. The van der Waals surface area contributed by atoms with Crippen molar-refractivity contribution < 1.29 is 17.6 Å². The summed E-state index contributed by atoms with van der Waals surface area (Å²) in [4.78, 5) is 12.1. The van der Waals surface area contributed by atoms with Gasteiger partial charge < -0.3 is 5.32 Å². The Labute approximate surface area is 156 Å². The molecule has 0 atom stereocenters. The van der Waals surface area contributed by atoms with Crippen LogP contribution in [0.25, 0.3) is 0 Å². The van der Waals surface area contributed by atoms with Crippen molar-refractivity contribution >= 4 is 33.4 Å². The highest BCUT2D eigenvalue weighted by molar-refractivity contribution is 7.87. The summed E-state index contributed by atoms with van der Waals surface area (Å²) in [5, 5.41) is 2.40. The summed E-state index contributed by atoms with van der Waals surface area (Å²) in [6.45, 7) is 0.483. The van der Waals surface area contributed by atoms with Crippen molar-refractivity contribution in [1.29, 1.82) is 0 Å². The first kappa shape index (κ1) is 18.8. The average molecular weight is 398 g/mol. The van der Waals surface area contributed by atoms with Gasteiger partial charge in [-0.1, -0.05) is 41.9 Å². The van der Waals surface area contributed by atoms with Gasteiger partial charge in [-0.15, -0.1) is 0 Å². The van der Waals surface area contributed by atoms with Gasteiger partial charge in [-0.3, -0.25) is 4.79 Å². The highest BCUT2D eigenvalue weighted by Crippen LogP contribution is 2.21. The van der Waals surface area contributed by atoms with Crippen LogP contribution in [0, 0.1) is 5.82 Å². The number of amides is 1. The van der Waals surface area contributed by atoms with Crippen molar-refractivity contribution in [3.05, 3.63) is 64.9 Å². The van der Waals surface area contributed by atoms with Gasteiger partial charge >= 0.3 is 0 Å². The Hall–Kier alpha value is -2.00. The molecule has 3 rings (SSSR count). The second kappa shape index (κ2) is 7.71. The van der Waals surface area contributed by atoms with E-state index in [1.165, 1.54) is 16.4 Å². The Kier molecular flexibility index (Phi) is 5.57. The molecule has 1 saturated heterocycles. The molecule has 1 fully saturated rings. The fourth-order valence-corrected chi connectivity index (χ4v) is 4.38. The van der Waals surface area contributed by atoms with Crippen LogP contribution >= 0.6 is 11.6 Å². The molecule has 1 heterocycles. The Morgan fingerprint density at radius 1 is 1.12 bits per heavy atom. The molecule has 1 aliphatic heterocycles. The molecular weight excluding hydrogens is 381 g/mol. The van der Waals surface area contributed by atoms with Crippen molar-refractivity contribution in [3.63, 3.8) is 0 Å². The topological polar surface area (TPSA) is 69.7 Å². The predicted molar refractivity (Wildman–Crippen MR) is 97.4 cm³/mol. The Balaban J connectivity index is 1.62. The summed E-state index contributed by atoms with van der Waals surface area (Å²) < 4.78 is 40.8. The summed E-state index contributed by atoms with van der Waals surface area (Å²) in [5.41, 5.74) is 1.18. The van der Waals surface area contributed by atoms with Crippen LogP contribution in [0.3, 0.4) is 0 Å². The number of carbonyl (C=O) groups excluding carboxylic acids is 1. The number of anilines is 1. The standard InChI is InChI=1S/C17H17ClFN3O3S/c18-15-10-14(6-7-16(15)19)20-17(23)12-22-9-8-21(26(22,24)25)11-13-4-2-1-3-5-13/h1-7,10H,8-9,11-12H2,(H,20,23). The Bertz CT molecular complexity index is 909. The van der Waals surface area contributed by atoms with Crippen LogP contribution < -0.4 is 5.32 Å². The molecule has 0 aliphatic carbocycles. The molecule has 138 valence electrons. The van der Waals surface area contributed by atoms with Crippen LogP contribution in [0.1, 0.15) is 5.56 Å². The molecule has 0 radical (unpaired) electrons. The summed E-state index contributed by atoms with van der Waals surface area (Å²) in [5.74, 6) is -1.11. The summed E-state index contributed by atoms with van der Waals surface area (Å²) in [6.07, 6.45) is 0. The van der Waals surface area contributed by atoms with Crippen molar-refractivity contribution in [2.24, 2.45) is 0 Å². The lowest BCUT2D eigenvalue weighted by molar-refractivity contribution is -0.116. The molecule has 6 nitrogen and oxygen atoms in total. The number of carbonyl (C=O) groups is 1. The van der Waals surface area contributed by atoms with Crippen LogP contribution in [-0.2, 0) is 21.5 Å². The molecule has 0 saturated carbocycles. The van der Waals surface area contributed by atoms with Gasteiger partial charge in [0.2, 0.25) is 5.91 Å². The van der Waals surface area contributed by atoms with E-state index in [9.17, 15) is 17.6 Å². The number of hydrogen-bond acceptors (Lipinski definition) is 3. The van der Waals surface area contributed by atoms with Crippen LogP contribution in [-0.4, -0.2) is 42.6 Å². The van der Waals surface area contributed by atoms with Crippen LogP contribution in [0.15, 0.2) is 48.5 Å². The third-order valence-electron chi connectivity index (χ3n) is 3.98. The zero-order valence-corrected chi connectivity index (χ0v) is 15.3. The van der Waals surface area contributed by atoms with E-state index in [0.29, 0.717) is 12.2 Å². The van der Waals surface area contributed by atoms with Gasteiger partial charge in [0.15, 0.2) is 0 Å². The molecular formula is C17H17ClFN3O3S. The number of nitrogens with one attached hydrogen (secondary N) is 1. The zero-order chi connectivity index (χ0) is 18.7. The van der Waals surface area contributed by atoms with E-state index in [4.69, 9.17) is 11.6 Å². The lowest BCUT2D eigenvalue weighted by Gasteiger charge is -2.18. The van der Waals surface area contributed by atoms with E-state index in [-0.39, 0.29) is 24.7 Å². The third-order valence-corrected chi connectivity index (χ3v) is 6.19. The maximum atomic E-state index is 13.1. The largest absolute Gasteiger partial charge is 0.325 e. The van der Waals surface area contributed by atoms with Gasteiger partial charge in [-0.25, -0.2) is 4.39 Å². The van der Waals surface area contributed by atoms with Gasteiger partial charge in [-0.05, 0) is 23.8 Å². The van der Waals surface area contributed by atoms with E-state index in [1.54, 1.807) is 0 Å². The van der Waals surface area contributed by atoms with E-state index < -0.39 is 21.9 Å². The second-order valence-corrected chi connectivity index (χ2v) is 8.17. The molecule has 1 aliphatic rings. The van der Waals surface area contributed by atoms with Crippen molar-refractivity contribution in [3.8, 4) is 0 Å². The first-order chi connectivity index (χ1) is 12.4. The number of halogens is 2. The molecule has 2 aromatic rings. The molecule has 0 aromatic heterocycles. The predicted octanol–water partition coefficient (Wildman–Crippen LogP) is 2.48. The molecule has 9 heteroatoms. The number of rotatable bonds is 5. The summed E-state index contributed by atoms with van der Waals surface area (Å²) in [7, 11) is -3.71.